The summed E-state index contributed by atoms with van der Waals surface area (Å²) in [5.74, 6) is -0.406. The quantitative estimate of drug-likeness (QED) is 0.396. The van der Waals surface area contributed by atoms with Gasteiger partial charge in [-0.05, 0) is 53.9 Å². The Balaban J connectivity index is 1.26. The van der Waals surface area contributed by atoms with Gasteiger partial charge in [-0.25, -0.2) is 13.4 Å². The minimum atomic E-state index is -3.66. The standard InChI is InChI=1S/C23H19ClN4O3S2/c24-19-6-3-7-20-21(19)25-23(32-20)27-26-22(29)16-8-10-18(11-9-16)33(30,31)28-13-12-15-4-1-2-5-17(15)14-28/h1-11H,12-14H2,(H,25,27)(H,26,29). The second-order valence-corrected chi connectivity index (χ2v) is 10.9. The summed E-state index contributed by atoms with van der Waals surface area (Å²) >= 11 is 7.50. The lowest BCUT2D eigenvalue weighted by Crippen LogP contribution is -2.36. The predicted octanol–water partition coefficient (Wildman–Crippen LogP) is 4.45. The number of hydrogen-bond acceptors (Lipinski definition) is 6. The molecule has 2 N–H and O–H groups in total. The largest absolute Gasteiger partial charge is 0.273 e. The number of carbonyl (C=O) groups is 1. The summed E-state index contributed by atoms with van der Waals surface area (Å²) in [5.41, 5.74) is 8.56. The van der Waals surface area contributed by atoms with Gasteiger partial charge >= 0.3 is 0 Å². The number of carbonyl (C=O) groups excluding carboxylic acids is 1. The summed E-state index contributed by atoms with van der Waals surface area (Å²) in [7, 11) is -3.66. The predicted molar refractivity (Wildman–Crippen MR) is 130 cm³/mol. The highest BCUT2D eigenvalue weighted by Gasteiger charge is 2.28. The van der Waals surface area contributed by atoms with Gasteiger partial charge in [0.05, 0.1) is 14.6 Å². The Morgan fingerprint density at radius 2 is 1.76 bits per heavy atom. The number of rotatable bonds is 5. The minimum absolute atomic E-state index is 0.159. The van der Waals surface area contributed by atoms with Crippen LogP contribution in [-0.2, 0) is 23.0 Å². The highest BCUT2D eigenvalue weighted by molar-refractivity contribution is 7.89. The highest BCUT2D eigenvalue weighted by atomic mass is 35.5. The van der Waals surface area contributed by atoms with Crippen LogP contribution in [-0.4, -0.2) is 30.2 Å². The average molecular weight is 499 g/mol. The van der Waals surface area contributed by atoms with Crippen molar-refractivity contribution in [2.24, 2.45) is 0 Å². The molecule has 0 atom stereocenters. The number of benzene rings is 3. The molecule has 7 nitrogen and oxygen atoms in total. The molecule has 0 fully saturated rings. The molecule has 1 amide bonds. The molecule has 168 valence electrons. The molecule has 0 bridgehead atoms. The first-order valence-corrected chi connectivity index (χ1v) is 12.8. The fourth-order valence-electron chi connectivity index (χ4n) is 3.75. The number of halogens is 1. The number of hydrogen-bond donors (Lipinski definition) is 2. The van der Waals surface area contributed by atoms with E-state index in [-0.39, 0.29) is 4.90 Å². The van der Waals surface area contributed by atoms with E-state index in [0.717, 1.165) is 10.3 Å². The lowest BCUT2D eigenvalue weighted by atomic mass is 10.0. The summed E-state index contributed by atoms with van der Waals surface area (Å²) in [6, 6.07) is 19.3. The van der Waals surface area contributed by atoms with E-state index in [1.54, 1.807) is 6.07 Å². The van der Waals surface area contributed by atoms with Crippen LogP contribution in [0.15, 0.2) is 71.6 Å². The SMILES string of the molecule is O=C(NNc1nc2c(Cl)cccc2s1)c1ccc(S(=O)(=O)N2CCc3ccccc3C2)cc1. The zero-order valence-corrected chi connectivity index (χ0v) is 19.7. The number of fused-ring (bicyclic) bond motifs is 2. The normalized spacial score (nSPS) is 14.1. The smallest absolute Gasteiger partial charge is 0.269 e. The van der Waals surface area contributed by atoms with Crippen LogP contribution in [0.3, 0.4) is 0 Å². The maximum atomic E-state index is 13.1. The van der Waals surface area contributed by atoms with E-state index < -0.39 is 15.9 Å². The van der Waals surface area contributed by atoms with Crippen LogP contribution in [0.4, 0.5) is 5.13 Å². The Morgan fingerprint density at radius 1 is 1.00 bits per heavy atom. The van der Waals surface area contributed by atoms with Gasteiger partial charge in [-0.1, -0.05) is 53.3 Å². The number of amides is 1. The van der Waals surface area contributed by atoms with E-state index in [1.807, 2.05) is 36.4 Å². The van der Waals surface area contributed by atoms with Gasteiger partial charge < -0.3 is 0 Å². The molecule has 5 rings (SSSR count). The number of aromatic nitrogens is 1. The van der Waals surface area contributed by atoms with E-state index in [1.165, 1.54) is 45.5 Å². The molecule has 1 aliphatic heterocycles. The third-order valence-corrected chi connectivity index (χ3v) is 8.60. The molecule has 0 spiro atoms. The van der Waals surface area contributed by atoms with Gasteiger partial charge in [0.1, 0.15) is 5.52 Å². The summed E-state index contributed by atoms with van der Waals surface area (Å²) in [6.07, 6.45) is 0.679. The van der Waals surface area contributed by atoms with E-state index in [9.17, 15) is 13.2 Å². The van der Waals surface area contributed by atoms with Crippen LogP contribution in [0.5, 0.6) is 0 Å². The molecule has 0 radical (unpaired) electrons. The van der Waals surface area contributed by atoms with Gasteiger partial charge in [-0.15, -0.1) is 0 Å². The van der Waals surface area contributed by atoms with Crippen LogP contribution < -0.4 is 10.9 Å². The van der Waals surface area contributed by atoms with Crippen molar-refractivity contribution in [3.63, 3.8) is 0 Å². The zero-order chi connectivity index (χ0) is 23.0. The molecule has 1 aliphatic rings. The number of thiazole rings is 1. The van der Waals surface area contributed by atoms with Crippen molar-refractivity contribution < 1.29 is 13.2 Å². The number of nitrogens with one attached hydrogen (secondary N) is 2. The van der Waals surface area contributed by atoms with E-state index in [4.69, 9.17) is 11.6 Å². The van der Waals surface area contributed by atoms with Gasteiger partial charge in [0.2, 0.25) is 15.2 Å². The molecule has 1 aromatic heterocycles. The van der Waals surface area contributed by atoms with Crippen LogP contribution in [0.25, 0.3) is 10.2 Å². The highest BCUT2D eigenvalue weighted by Crippen LogP contribution is 2.30. The van der Waals surface area contributed by atoms with Crippen molar-refractivity contribution in [1.29, 1.82) is 0 Å². The number of hydrazine groups is 1. The Labute approximate surface area is 200 Å². The maximum absolute atomic E-state index is 13.1. The molecule has 0 saturated carbocycles. The Kier molecular flexibility index (Phi) is 5.79. The minimum Gasteiger partial charge on any atom is -0.273 e. The fourth-order valence-corrected chi connectivity index (χ4v) is 6.29. The average Bonchev–Trinajstić information content (AvgIpc) is 3.27. The van der Waals surface area contributed by atoms with E-state index in [0.29, 0.717) is 40.7 Å². The first-order valence-electron chi connectivity index (χ1n) is 10.2. The molecule has 10 heteroatoms. The zero-order valence-electron chi connectivity index (χ0n) is 17.3. The maximum Gasteiger partial charge on any atom is 0.269 e. The van der Waals surface area contributed by atoms with Gasteiger partial charge in [-0.2, -0.15) is 4.31 Å². The van der Waals surface area contributed by atoms with Crippen LogP contribution in [0.2, 0.25) is 5.02 Å². The molecule has 0 saturated heterocycles. The first kappa shape index (κ1) is 21.8. The summed E-state index contributed by atoms with van der Waals surface area (Å²) in [6.45, 7) is 0.772. The van der Waals surface area contributed by atoms with E-state index >= 15 is 0 Å². The lowest BCUT2D eigenvalue weighted by Gasteiger charge is -2.28. The van der Waals surface area contributed by atoms with Gasteiger partial charge in [0.15, 0.2) is 0 Å². The summed E-state index contributed by atoms with van der Waals surface area (Å²) in [4.78, 5) is 17.0. The van der Waals surface area contributed by atoms with Crippen molar-refractivity contribution in [1.82, 2.24) is 14.7 Å². The van der Waals surface area contributed by atoms with Crippen molar-refractivity contribution in [2.75, 3.05) is 12.0 Å². The lowest BCUT2D eigenvalue weighted by molar-refractivity contribution is 0.0962. The van der Waals surface area contributed by atoms with Gasteiger partial charge in [0, 0.05) is 18.7 Å². The van der Waals surface area contributed by atoms with Crippen molar-refractivity contribution in [3.8, 4) is 0 Å². The second-order valence-electron chi connectivity index (χ2n) is 7.57. The van der Waals surface area contributed by atoms with Crippen molar-refractivity contribution in [3.05, 3.63) is 88.4 Å². The Bertz CT molecular complexity index is 1450. The molecular weight excluding hydrogens is 480 g/mol. The van der Waals surface area contributed by atoms with Crippen molar-refractivity contribution >= 4 is 54.2 Å². The topological polar surface area (TPSA) is 91.4 Å². The first-order chi connectivity index (χ1) is 15.9. The molecular formula is C23H19ClN4O3S2. The summed E-state index contributed by atoms with van der Waals surface area (Å²) in [5, 5.41) is 1.04. The molecule has 4 aromatic rings. The fraction of sp³-hybridized carbons (Fsp3) is 0.130. The van der Waals surface area contributed by atoms with Crippen LogP contribution >= 0.6 is 22.9 Å². The van der Waals surface area contributed by atoms with Gasteiger partial charge in [0.25, 0.3) is 5.91 Å². The molecule has 2 heterocycles. The van der Waals surface area contributed by atoms with Crippen molar-refractivity contribution in [2.45, 2.75) is 17.9 Å². The third-order valence-electron chi connectivity index (χ3n) is 5.50. The third kappa shape index (κ3) is 4.32. The van der Waals surface area contributed by atoms with Crippen LogP contribution in [0, 0.1) is 0 Å². The molecule has 0 unspecified atom stereocenters. The Morgan fingerprint density at radius 3 is 2.52 bits per heavy atom. The van der Waals surface area contributed by atoms with Crippen LogP contribution in [0.1, 0.15) is 21.5 Å². The monoisotopic (exact) mass is 498 g/mol. The van der Waals surface area contributed by atoms with Gasteiger partial charge in [-0.3, -0.25) is 15.6 Å². The van der Waals surface area contributed by atoms with E-state index in [2.05, 4.69) is 15.8 Å². The molecule has 33 heavy (non-hydrogen) atoms. The molecule has 0 aliphatic carbocycles. The Hall–Kier alpha value is -2.98. The number of sulfonamides is 1. The number of nitrogens with zero attached hydrogens (tertiary/aromatic N) is 2. The molecule has 3 aromatic carbocycles. The second kappa shape index (κ2) is 8.75. The number of para-hydroxylation sites is 1. The number of anilines is 1. The summed E-state index contributed by atoms with van der Waals surface area (Å²) < 4.78 is 28.6.